The van der Waals surface area contributed by atoms with Gasteiger partial charge in [-0.3, -0.25) is 9.59 Å². The van der Waals surface area contributed by atoms with Crippen molar-refractivity contribution >= 4 is 45.3 Å². The molecule has 0 saturated heterocycles. The van der Waals surface area contributed by atoms with E-state index in [1.165, 1.54) is 12.1 Å². The maximum atomic E-state index is 14.1. The highest BCUT2D eigenvalue weighted by Gasteiger charge is 2.20. The summed E-state index contributed by atoms with van der Waals surface area (Å²) in [5.74, 6) is -3.20. The standard InChI is InChI=1S/C16H12F2N2OS.C15H10F2N2OS/c1-9-5-3-6-10-13(9)19-16(22-2)20(15(10)21)14-11(17)7-4-8-12(14)18;1-21-15-18-12-8-3-2-5-9(12)14(20)19(15)13-10(16)6-4-7-11(13)17/h3-8H,1-2H3;2-8H,1H3. The zero-order valence-electron chi connectivity index (χ0n) is 22.9. The van der Waals surface area contributed by atoms with E-state index in [0.29, 0.717) is 21.8 Å². The first-order chi connectivity index (χ1) is 20.7. The van der Waals surface area contributed by atoms with Crippen molar-refractivity contribution in [2.24, 2.45) is 0 Å². The molecule has 0 unspecified atom stereocenters. The molecule has 218 valence electrons. The highest BCUT2D eigenvalue weighted by atomic mass is 32.2. The Morgan fingerprint density at radius 3 is 1.56 bits per heavy atom. The van der Waals surface area contributed by atoms with Crippen molar-refractivity contribution < 1.29 is 17.6 Å². The lowest BCUT2D eigenvalue weighted by Gasteiger charge is -2.14. The second-order valence-electron chi connectivity index (χ2n) is 9.11. The molecule has 0 amide bonds. The van der Waals surface area contributed by atoms with Gasteiger partial charge in [0, 0.05) is 0 Å². The van der Waals surface area contributed by atoms with Crippen LogP contribution in [0.1, 0.15) is 5.56 Å². The molecule has 0 aliphatic heterocycles. The van der Waals surface area contributed by atoms with E-state index < -0.39 is 45.8 Å². The van der Waals surface area contributed by atoms with Gasteiger partial charge in [-0.05, 0) is 67.5 Å². The summed E-state index contributed by atoms with van der Waals surface area (Å²) >= 11 is 2.32. The third kappa shape index (κ3) is 5.55. The summed E-state index contributed by atoms with van der Waals surface area (Å²) in [6, 6.07) is 18.9. The van der Waals surface area contributed by atoms with Crippen LogP contribution in [0, 0.1) is 30.2 Å². The summed E-state index contributed by atoms with van der Waals surface area (Å²) in [5.41, 5.74) is 0.115. The van der Waals surface area contributed by atoms with Gasteiger partial charge in [-0.15, -0.1) is 0 Å². The number of thioether (sulfide) groups is 2. The van der Waals surface area contributed by atoms with Crippen molar-refractivity contribution in [3.05, 3.63) is 128 Å². The van der Waals surface area contributed by atoms with Crippen molar-refractivity contribution in [2.45, 2.75) is 17.2 Å². The van der Waals surface area contributed by atoms with E-state index in [1.807, 2.05) is 13.0 Å². The lowest BCUT2D eigenvalue weighted by atomic mass is 10.1. The quantitative estimate of drug-likeness (QED) is 0.119. The highest BCUT2D eigenvalue weighted by molar-refractivity contribution is 7.98. The Morgan fingerprint density at radius 1 is 0.581 bits per heavy atom. The number of fused-ring (bicyclic) bond motifs is 2. The molecule has 6 nitrogen and oxygen atoms in total. The van der Waals surface area contributed by atoms with Crippen LogP contribution in [-0.2, 0) is 0 Å². The summed E-state index contributed by atoms with van der Waals surface area (Å²) in [6.07, 6.45) is 3.41. The average molecular weight is 623 g/mol. The molecule has 2 heterocycles. The van der Waals surface area contributed by atoms with E-state index in [2.05, 4.69) is 9.97 Å². The van der Waals surface area contributed by atoms with Gasteiger partial charge in [0.25, 0.3) is 11.1 Å². The third-order valence-electron chi connectivity index (χ3n) is 6.50. The van der Waals surface area contributed by atoms with Crippen LogP contribution >= 0.6 is 23.5 Å². The highest BCUT2D eigenvalue weighted by Crippen LogP contribution is 2.25. The van der Waals surface area contributed by atoms with Gasteiger partial charge in [-0.2, -0.15) is 0 Å². The first-order valence-electron chi connectivity index (χ1n) is 12.7. The fourth-order valence-electron chi connectivity index (χ4n) is 4.52. The smallest absolute Gasteiger partial charge is 0.266 e. The second-order valence-corrected chi connectivity index (χ2v) is 10.7. The Labute approximate surface area is 251 Å². The fourth-order valence-corrected chi connectivity index (χ4v) is 5.60. The molecule has 6 rings (SSSR count). The second kappa shape index (κ2) is 12.4. The molecule has 0 bridgehead atoms. The first-order valence-corrected chi connectivity index (χ1v) is 15.1. The van der Waals surface area contributed by atoms with Crippen LogP contribution in [0.3, 0.4) is 0 Å². The van der Waals surface area contributed by atoms with Crippen molar-refractivity contribution in [2.75, 3.05) is 12.5 Å². The molecule has 0 aliphatic carbocycles. The number of hydrogen-bond donors (Lipinski definition) is 0. The molecular formula is C31H22F4N4O2S2. The molecule has 0 radical (unpaired) electrons. The van der Waals surface area contributed by atoms with Gasteiger partial charge in [0.1, 0.15) is 34.6 Å². The SMILES string of the molecule is CSc1nc2c(C)cccc2c(=O)n1-c1c(F)cccc1F.CSc1nc2ccccc2c(=O)n1-c1c(F)cccc1F. The van der Waals surface area contributed by atoms with Crippen LogP contribution in [0.25, 0.3) is 33.2 Å². The number of halogens is 4. The van der Waals surface area contributed by atoms with Gasteiger partial charge in [-0.1, -0.05) is 59.9 Å². The Morgan fingerprint density at radius 2 is 1.02 bits per heavy atom. The van der Waals surface area contributed by atoms with Crippen molar-refractivity contribution in [3.8, 4) is 11.4 Å². The topological polar surface area (TPSA) is 69.8 Å². The predicted molar refractivity (Wildman–Crippen MR) is 163 cm³/mol. The van der Waals surface area contributed by atoms with Crippen LogP contribution in [0.2, 0.25) is 0 Å². The van der Waals surface area contributed by atoms with Gasteiger partial charge in [0.05, 0.1) is 21.8 Å². The maximum Gasteiger partial charge on any atom is 0.266 e. The van der Waals surface area contributed by atoms with E-state index >= 15 is 0 Å². The van der Waals surface area contributed by atoms with Crippen molar-refractivity contribution in [3.63, 3.8) is 0 Å². The molecule has 6 aromatic rings. The Balaban J connectivity index is 0.000000171. The summed E-state index contributed by atoms with van der Waals surface area (Å²) in [5, 5.41) is 1.14. The molecule has 0 fully saturated rings. The Kier molecular flexibility index (Phi) is 8.69. The monoisotopic (exact) mass is 622 g/mol. The summed E-state index contributed by atoms with van der Waals surface area (Å²) in [6.45, 7) is 1.84. The number of nitrogens with zero attached hydrogens (tertiary/aromatic N) is 4. The molecule has 0 aliphatic rings. The van der Waals surface area contributed by atoms with E-state index in [4.69, 9.17) is 0 Å². The summed E-state index contributed by atoms with van der Waals surface area (Å²) < 4.78 is 58.1. The third-order valence-corrected chi connectivity index (χ3v) is 7.78. The van der Waals surface area contributed by atoms with Crippen LogP contribution in [0.4, 0.5) is 17.6 Å². The molecule has 0 atom stereocenters. The van der Waals surface area contributed by atoms with Gasteiger partial charge < -0.3 is 0 Å². The lowest BCUT2D eigenvalue weighted by Crippen LogP contribution is -2.23. The number of para-hydroxylation sites is 4. The number of rotatable bonds is 4. The van der Waals surface area contributed by atoms with E-state index in [9.17, 15) is 27.2 Å². The number of hydrogen-bond acceptors (Lipinski definition) is 6. The molecule has 2 aromatic heterocycles. The molecule has 4 aromatic carbocycles. The minimum atomic E-state index is -0.801. The van der Waals surface area contributed by atoms with E-state index in [0.717, 1.165) is 62.5 Å². The minimum Gasteiger partial charge on any atom is -0.268 e. The Bertz CT molecular complexity index is 2090. The average Bonchev–Trinajstić information content (AvgIpc) is 2.99. The fraction of sp³-hybridized carbons (Fsp3) is 0.0968. The maximum absolute atomic E-state index is 14.1. The first kappa shape index (κ1) is 30.1. The van der Waals surface area contributed by atoms with Crippen LogP contribution in [0.15, 0.2) is 98.8 Å². The van der Waals surface area contributed by atoms with E-state index in [-0.39, 0.29) is 10.3 Å². The van der Waals surface area contributed by atoms with E-state index in [1.54, 1.807) is 48.9 Å². The zero-order chi connectivity index (χ0) is 30.8. The summed E-state index contributed by atoms with van der Waals surface area (Å²) in [7, 11) is 0. The van der Waals surface area contributed by atoms with Crippen LogP contribution in [0.5, 0.6) is 0 Å². The number of aryl methyl sites for hydroxylation is 1. The molecule has 12 heteroatoms. The molecule has 0 spiro atoms. The van der Waals surface area contributed by atoms with Crippen LogP contribution in [-0.4, -0.2) is 31.6 Å². The zero-order valence-corrected chi connectivity index (χ0v) is 24.6. The molecule has 0 saturated carbocycles. The van der Waals surface area contributed by atoms with Crippen molar-refractivity contribution in [1.82, 2.24) is 19.1 Å². The lowest BCUT2D eigenvalue weighted by molar-refractivity contribution is 0.557. The van der Waals surface area contributed by atoms with Crippen LogP contribution < -0.4 is 11.1 Å². The largest absolute Gasteiger partial charge is 0.268 e. The molecular weight excluding hydrogens is 600 g/mol. The normalized spacial score (nSPS) is 11.0. The Hall–Kier alpha value is -4.42. The summed E-state index contributed by atoms with van der Waals surface area (Å²) in [4.78, 5) is 34.0. The van der Waals surface area contributed by atoms with Gasteiger partial charge in [0.15, 0.2) is 10.3 Å². The number of aromatic nitrogens is 4. The van der Waals surface area contributed by atoms with Gasteiger partial charge in [-0.25, -0.2) is 36.7 Å². The predicted octanol–water partition coefficient (Wildman–Crippen LogP) is 7.08. The number of benzene rings is 4. The van der Waals surface area contributed by atoms with Gasteiger partial charge >= 0.3 is 0 Å². The minimum absolute atomic E-state index is 0.239. The molecule has 0 N–H and O–H groups in total. The van der Waals surface area contributed by atoms with Crippen molar-refractivity contribution in [1.29, 1.82) is 0 Å². The van der Waals surface area contributed by atoms with Gasteiger partial charge in [0.2, 0.25) is 0 Å². The molecule has 43 heavy (non-hydrogen) atoms.